The molecule has 0 saturated heterocycles. The minimum absolute atomic E-state index is 0.697. The smallest absolute Gasteiger partial charge is 0.263 e. The molecule has 0 spiro atoms. The van der Waals surface area contributed by atoms with Gasteiger partial charge in [-0.1, -0.05) is 35.3 Å². The molecule has 220 valence electrons. The lowest BCUT2D eigenvalue weighted by molar-refractivity contribution is -0.665. The van der Waals surface area contributed by atoms with Crippen molar-refractivity contribution in [3.63, 3.8) is 0 Å². The number of anilines is 1. The van der Waals surface area contributed by atoms with Crippen molar-refractivity contribution in [2.75, 3.05) is 36.5 Å². The highest BCUT2D eigenvalue weighted by Gasteiger charge is 2.28. The molecule has 1 aliphatic heterocycles. The first-order valence-corrected chi connectivity index (χ1v) is 21.2. The van der Waals surface area contributed by atoms with E-state index in [4.69, 9.17) is 0 Å². The van der Waals surface area contributed by atoms with Gasteiger partial charge in [0.2, 0.25) is 5.52 Å². The van der Waals surface area contributed by atoms with Crippen molar-refractivity contribution in [1.82, 2.24) is 0 Å². The molecule has 0 saturated carbocycles. The summed E-state index contributed by atoms with van der Waals surface area (Å²) in [5.41, 5.74) is 7.22. The number of nitrogens with zero attached hydrogens (tertiary/aromatic N) is 2. The van der Waals surface area contributed by atoms with Crippen molar-refractivity contribution < 1.29 is 4.57 Å². The fourth-order valence-corrected chi connectivity index (χ4v) is 11.8. The molecular weight excluding hydrogens is 629 g/mol. The maximum Gasteiger partial charge on any atom is 0.263 e. The number of thioether (sulfide) groups is 5. The number of rotatable bonds is 8. The number of aromatic nitrogens is 1. The Hall–Kier alpha value is -1.16. The Morgan fingerprint density at radius 1 is 0.857 bits per heavy atom. The Morgan fingerprint density at radius 3 is 2.26 bits per heavy atom. The Kier molecular flexibility index (Phi) is 9.88. The number of hydrogen-bond donors (Lipinski definition) is 0. The van der Waals surface area contributed by atoms with E-state index in [-0.39, 0.29) is 0 Å². The summed E-state index contributed by atoms with van der Waals surface area (Å²) in [4.78, 5) is 9.43. The third-order valence-corrected chi connectivity index (χ3v) is 14.0. The zero-order valence-electron chi connectivity index (χ0n) is 25.3. The van der Waals surface area contributed by atoms with E-state index in [0.717, 1.165) is 13.1 Å². The standard InChI is InChI=1S/C34H39N2S6/c1-7-35-25-17-29(37-3)31(39-5)19-27(25)41-33(35)15-21-9-11-23-12-10-22(14-24(23)13-21)16-34-36(8-2)26-18-30(38-4)32(40-6)20-28(26)42-34/h13-20,23H,7-12H2,1-6H3/q+1. The molecule has 1 atom stereocenters. The predicted octanol–water partition coefficient (Wildman–Crippen LogP) is 11.0. The fourth-order valence-electron chi connectivity index (χ4n) is 6.28. The molecule has 1 unspecified atom stereocenters. The van der Waals surface area contributed by atoms with Gasteiger partial charge < -0.3 is 4.90 Å². The summed E-state index contributed by atoms with van der Waals surface area (Å²) in [6.45, 7) is 6.54. The summed E-state index contributed by atoms with van der Waals surface area (Å²) in [7, 11) is 0. The van der Waals surface area contributed by atoms with Gasteiger partial charge in [0.05, 0.1) is 10.7 Å². The molecule has 0 N–H and O–H groups in total. The highest BCUT2D eigenvalue weighted by atomic mass is 32.2. The molecule has 1 aromatic heterocycles. The third-order valence-electron chi connectivity index (χ3n) is 8.46. The van der Waals surface area contributed by atoms with Gasteiger partial charge in [0.1, 0.15) is 11.2 Å². The van der Waals surface area contributed by atoms with Crippen LogP contribution in [0.25, 0.3) is 16.3 Å². The highest BCUT2D eigenvalue weighted by molar-refractivity contribution is 8.04. The van der Waals surface area contributed by atoms with Crippen LogP contribution in [0.1, 0.15) is 44.5 Å². The molecular formula is C34H39N2S6+. The molecule has 0 fully saturated rings. The topological polar surface area (TPSA) is 7.12 Å². The highest BCUT2D eigenvalue weighted by Crippen LogP contribution is 2.50. The number of fused-ring (bicyclic) bond motifs is 3. The number of thiazole rings is 1. The van der Waals surface area contributed by atoms with Gasteiger partial charge in [-0.15, -0.1) is 47.0 Å². The average Bonchev–Trinajstić information content (AvgIpc) is 3.54. The molecule has 2 nitrogen and oxygen atoms in total. The molecule has 3 aliphatic rings. The number of aryl methyl sites for hydroxylation is 1. The molecule has 6 rings (SSSR count). The summed E-state index contributed by atoms with van der Waals surface area (Å²) in [5, 5.41) is 2.75. The van der Waals surface area contributed by atoms with Gasteiger partial charge in [-0.2, -0.15) is 4.57 Å². The first-order chi connectivity index (χ1) is 20.5. The fraction of sp³-hybridized carbons (Fsp3) is 0.382. The van der Waals surface area contributed by atoms with Crippen LogP contribution in [0.4, 0.5) is 5.69 Å². The van der Waals surface area contributed by atoms with Crippen molar-refractivity contribution in [2.24, 2.45) is 5.92 Å². The summed E-state index contributed by atoms with van der Waals surface area (Å²) in [5.74, 6) is 0.697. The summed E-state index contributed by atoms with van der Waals surface area (Å²) >= 11 is 11.3. The zero-order valence-corrected chi connectivity index (χ0v) is 30.2. The van der Waals surface area contributed by atoms with Crippen LogP contribution in [0.15, 0.2) is 88.7 Å². The Labute approximate surface area is 277 Å². The van der Waals surface area contributed by atoms with Gasteiger partial charge in [-0.3, -0.25) is 0 Å². The van der Waals surface area contributed by atoms with Gasteiger partial charge >= 0.3 is 0 Å². The third kappa shape index (κ3) is 5.93. The monoisotopic (exact) mass is 667 g/mol. The van der Waals surface area contributed by atoms with Crippen molar-refractivity contribution in [2.45, 2.75) is 70.6 Å². The quantitative estimate of drug-likeness (QED) is 0.173. The van der Waals surface area contributed by atoms with Crippen molar-refractivity contribution in [3.05, 3.63) is 69.2 Å². The lowest BCUT2D eigenvalue weighted by atomic mass is 9.77. The van der Waals surface area contributed by atoms with E-state index < -0.39 is 0 Å². The second kappa shape index (κ2) is 13.5. The predicted molar refractivity (Wildman–Crippen MR) is 194 cm³/mol. The summed E-state index contributed by atoms with van der Waals surface area (Å²) < 4.78 is 3.90. The molecule has 2 aromatic carbocycles. The van der Waals surface area contributed by atoms with Crippen LogP contribution in [0, 0.1) is 5.92 Å². The van der Waals surface area contributed by atoms with E-state index in [1.807, 2.05) is 70.1 Å². The maximum atomic E-state index is 2.51. The van der Waals surface area contributed by atoms with Gasteiger partial charge in [-0.05, 0) is 111 Å². The van der Waals surface area contributed by atoms with Gasteiger partial charge in [0.25, 0.3) is 5.01 Å². The summed E-state index contributed by atoms with van der Waals surface area (Å²) in [6.07, 6.45) is 23.6. The number of hydrogen-bond acceptors (Lipinski definition) is 7. The average molecular weight is 668 g/mol. The van der Waals surface area contributed by atoms with E-state index in [2.05, 4.69) is 96.9 Å². The Morgan fingerprint density at radius 2 is 1.55 bits per heavy atom. The second-order valence-electron chi connectivity index (χ2n) is 10.7. The van der Waals surface area contributed by atoms with Crippen LogP contribution < -0.4 is 9.47 Å². The van der Waals surface area contributed by atoms with Crippen LogP contribution in [-0.4, -0.2) is 31.6 Å². The molecule has 3 aromatic rings. The molecule has 2 heterocycles. The lowest BCUT2D eigenvalue weighted by Gasteiger charge is -2.28. The normalized spacial score (nSPS) is 20.3. The van der Waals surface area contributed by atoms with E-state index in [1.165, 1.54) is 92.8 Å². The van der Waals surface area contributed by atoms with Crippen LogP contribution in [-0.2, 0) is 6.54 Å². The van der Waals surface area contributed by atoms with Crippen LogP contribution in [0.2, 0.25) is 0 Å². The summed E-state index contributed by atoms with van der Waals surface area (Å²) in [6, 6.07) is 9.59. The van der Waals surface area contributed by atoms with Crippen LogP contribution in [0.5, 0.6) is 0 Å². The molecule has 0 radical (unpaired) electrons. The van der Waals surface area contributed by atoms with Crippen LogP contribution in [0.3, 0.4) is 0 Å². The maximum absolute atomic E-state index is 2.51. The molecule has 42 heavy (non-hydrogen) atoms. The lowest BCUT2D eigenvalue weighted by Crippen LogP contribution is -2.33. The zero-order chi connectivity index (χ0) is 29.4. The molecule has 0 amide bonds. The van der Waals surface area contributed by atoms with Gasteiger partial charge in [-0.25, -0.2) is 0 Å². The number of allylic oxidation sites excluding steroid dienone is 6. The molecule has 0 bridgehead atoms. The molecule has 2 aliphatic carbocycles. The van der Waals surface area contributed by atoms with Crippen LogP contribution >= 0.6 is 70.1 Å². The SMILES string of the molecule is CCN1C(=CC2=CC3=CC(=Cc4sc5cc(SC)c(SC)cc5[n+]4CC)CCC3CC2)Sc2cc(SC)c(SC)cc21. The minimum Gasteiger partial charge on any atom is -0.335 e. The van der Waals surface area contributed by atoms with Gasteiger partial charge in [0, 0.05) is 43.2 Å². The van der Waals surface area contributed by atoms with Gasteiger partial charge in [0.15, 0.2) is 0 Å². The van der Waals surface area contributed by atoms with Crippen molar-refractivity contribution in [3.8, 4) is 0 Å². The van der Waals surface area contributed by atoms with E-state index in [0.29, 0.717) is 5.92 Å². The van der Waals surface area contributed by atoms with Crippen molar-refractivity contribution >= 4 is 92.1 Å². The Balaban J connectivity index is 1.31. The second-order valence-corrected chi connectivity index (χ2v) is 16.2. The first kappa shape index (κ1) is 30.8. The molecule has 8 heteroatoms. The first-order valence-electron chi connectivity index (χ1n) is 14.6. The van der Waals surface area contributed by atoms with Crippen molar-refractivity contribution in [1.29, 1.82) is 0 Å². The van der Waals surface area contributed by atoms with E-state index in [9.17, 15) is 0 Å². The van der Waals surface area contributed by atoms with E-state index >= 15 is 0 Å². The minimum atomic E-state index is 0.697. The van der Waals surface area contributed by atoms with E-state index in [1.54, 1.807) is 0 Å². The number of benzene rings is 2. The Bertz CT molecular complexity index is 1640. The largest absolute Gasteiger partial charge is 0.335 e.